The van der Waals surface area contributed by atoms with Crippen LogP contribution in [0, 0.1) is 5.82 Å². The lowest BCUT2D eigenvalue weighted by atomic mass is 10.1. The average Bonchev–Trinajstić information content (AvgIpc) is 3.23. The van der Waals surface area contributed by atoms with Crippen molar-refractivity contribution < 1.29 is 13.5 Å². The van der Waals surface area contributed by atoms with Crippen LogP contribution in [0.25, 0.3) is 11.5 Å². The van der Waals surface area contributed by atoms with Gasteiger partial charge in [0.1, 0.15) is 17.6 Å². The van der Waals surface area contributed by atoms with Crippen molar-refractivity contribution in [3.63, 3.8) is 0 Å². The Bertz CT molecular complexity index is 1120. The molecule has 0 aliphatic carbocycles. The number of nitrogens with one attached hydrogen (secondary N) is 1. The van der Waals surface area contributed by atoms with Crippen LogP contribution in [0.1, 0.15) is 17.5 Å². The van der Waals surface area contributed by atoms with Crippen molar-refractivity contribution in [2.24, 2.45) is 0 Å². The fraction of sp³-hybridized carbons (Fsp3) is 0.0909. The van der Waals surface area contributed by atoms with Crippen LogP contribution >= 0.6 is 11.6 Å². The second kappa shape index (κ2) is 8.32. The molecule has 0 aliphatic rings. The van der Waals surface area contributed by atoms with Gasteiger partial charge in [-0.05, 0) is 36.4 Å². The first kappa shape index (κ1) is 19.0. The van der Waals surface area contributed by atoms with Crippen LogP contribution in [0.4, 0.5) is 10.1 Å². The maximum absolute atomic E-state index is 14.6. The van der Waals surface area contributed by atoms with Crippen LogP contribution in [-0.2, 0) is 0 Å². The Kier molecular flexibility index (Phi) is 5.44. The van der Waals surface area contributed by atoms with Crippen LogP contribution in [0.2, 0.25) is 5.02 Å². The molecule has 5 nitrogen and oxygen atoms in total. The van der Waals surface area contributed by atoms with Gasteiger partial charge in [0.15, 0.2) is 0 Å². The van der Waals surface area contributed by atoms with Gasteiger partial charge in [0.05, 0.1) is 12.8 Å². The summed E-state index contributed by atoms with van der Waals surface area (Å²) >= 11 is 6.14. The predicted octanol–water partition coefficient (Wildman–Crippen LogP) is 5.74. The van der Waals surface area contributed by atoms with Crippen molar-refractivity contribution in [2.75, 3.05) is 12.4 Å². The molecule has 0 unspecified atom stereocenters. The van der Waals surface area contributed by atoms with Crippen LogP contribution in [-0.4, -0.2) is 17.3 Å². The summed E-state index contributed by atoms with van der Waals surface area (Å²) in [7, 11) is 1.55. The maximum atomic E-state index is 14.6. The Balaban J connectivity index is 1.77. The fourth-order valence-electron chi connectivity index (χ4n) is 2.98. The van der Waals surface area contributed by atoms with Crippen molar-refractivity contribution in [2.45, 2.75) is 6.04 Å². The maximum Gasteiger partial charge on any atom is 0.247 e. The molecule has 1 aromatic heterocycles. The minimum Gasteiger partial charge on any atom is -0.495 e. The van der Waals surface area contributed by atoms with Crippen molar-refractivity contribution in [1.82, 2.24) is 10.2 Å². The number of benzene rings is 3. The molecule has 3 aromatic carbocycles. The molecular weight excluding hydrogens is 393 g/mol. The molecule has 29 heavy (non-hydrogen) atoms. The number of aromatic nitrogens is 2. The third-order valence-electron chi connectivity index (χ3n) is 4.39. The number of hydrogen-bond acceptors (Lipinski definition) is 5. The third-order valence-corrected chi connectivity index (χ3v) is 4.62. The molecule has 7 heteroatoms. The van der Waals surface area contributed by atoms with Crippen molar-refractivity contribution in [1.29, 1.82) is 0 Å². The van der Waals surface area contributed by atoms with Gasteiger partial charge in [0.2, 0.25) is 11.8 Å². The van der Waals surface area contributed by atoms with Gasteiger partial charge < -0.3 is 14.5 Å². The lowest BCUT2D eigenvalue weighted by molar-refractivity contribution is 0.415. The highest BCUT2D eigenvalue weighted by molar-refractivity contribution is 6.30. The Hall–Kier alpha value is -3.38. The molecule has 0 fully saturated rings. The average molecular weight is 410 g/mol. The molecule has 1 heterocycles. The van der Waals surface area contributed by atoms with Gasteiger partial charge in [-0.25, -0.2) is 4.39 Å². The summed E-state index contributed by atoms with van der Waals surface area (Å²) in [4.78, 5) is 0. The van der Waals surface area contributed by atoms with Gasteiger partial charge in [-0.2, -0.15) is 0 Å². The number of halogens is 2. The number of ether oxygens (including phenoxy) is 1. The van der Waals surface area contributed by atoms with E-state index in [0.29, 0.717) is 27.9 Å². The molecule has 0 saturated heterocycles. The highest BCUT2D eigenvalue weighted by atomic mass is 35.5. The Morgan fingerprint density at radius 1 is 1.00 bits per heavy atom. The lowest BCUT2D eigenvalue weighted by Crippen LogP contribution is -2.15. The minimum atomic E-state index is -0.742. The summed E-state index contributed by atoms with van der Waals surface area (Å²) in [5, 5.41) is 12.0. The minimum absolute atomic E-state index is 0.219. The normalized spacial score (nSPS) is 11.8. The first-order valence-corrected chi connectivity index (χ1v) is 9.27. The van der Waals surface area contributed by atoms with E-state index >= 15 is 0 Å². The molecule has 4 aromatic rings. The fourth-order valence-corrected chi connectivity index (χ4v) is 3.15. The van der Waals surface area contributed by atoms with Crippen LogP contribution in [0.5, 0.6) is 5.75 Å². The second-order valence-electron chi connectivity index (χ2n) is 6.25. The van der Waals surface area contributed by atoms with Gasteiger partial charge in [0, 0.05) is 16.1 Å². The third kappa shape index (κ3) is 4.07. The van der Waals surface area contributed by atoms with Crippen LogP contribution < -0.4 is 10.1 Å². The van der Waals surface area contributed by atoms with E-state index in [9.17, 15) is 4.39 Å². The van der Waals surface area contributed by atoms with E-state index in [1.165, 1.54) is 6.07 Å². The summed E-state index contributed by atoms with van der Waals surface area (Å²) in [6.45, 7) is 0. The van der Waals surface area contributed by atoms with E-state index in [-0.39, 0.29) is 5.89 Å². The van der Waals surface area contributed by atoms with Gasteiger partial charge >= 0.3 is 0 Å². The molecule has 0 spiro atoms. The van der Waals surface area contributed by atoms with Crippen molar-refractivity contribution >= 4 is 17.3 Å². The Labute approximate surface area is 172 Å². The highest BCUT2D eigenvalue weighted by Crippen LogP contribution is 2.35. The molecule has 1 N–H and O–H groups in total. The molecular formula is C22H17ClFN3O2. The van der Waals surface area contributed by atoms with E-state index in [1.807, 2.05) is 30.3 Å². The molecule has 0 aliphatic heterocycles. The number of hydrogen-bond donors (Lipinski definition) is 1. The van der Waals surface area contributed by atoms with E-state index in [1.54, 1.807) is 43.5 Å². The number of anilines is 1. The zero-order valence-corrected chi connectivity index (χ0v) is 16.2. The molecule has 146 valence electrons. The number of nitrogens with zero attached hydrogens (tertiary/aromatic N) is 2. The quantitative estimate of drug-likeness (QED) is 0.440. The monoisotopic (exact) mass is 409 g/mol. The molecule has 4 rings (SSSR count). The summed E-state index contributed by atoms with van der Waals surface area (Å²) in [6.07, 6.45) is 0. The van der Waals surface area contributed by atoms with Gasteiger partial charge in [-0.3, -0.25) is 0 Å². The molecule has 0 bridgehead atoms. The summed E-state index contributed by atoms with van der Waals surface area (Å²) < 4.78 is 25.9. The zero-order valence-electron chi connectivity index (χ0n) is 15.5. The molecule has 0 amide bonds. The Morgan fingerprint density at radius 2 is 1.76 bits per heavy atom. The summed E-state index contributed by atoms with van der Waals surface area (Å²) in [5.74, 6) is 0.724. The first-order chi connectivity index (χ1) is 14.2. The molecule has 0 saturated carbocycles. The molecule has 1 atom stereocenters. The van der Waals surface area contributed by atoms with Crippen LogP contribution in [0.15, 0.2) is 77.2 Å². The summed E-state index contributed by atoms with van der Waals surface area (Å²) in [5.41, 5.74) is 1.71. The highest BCUT2D eigenvalue weighted by Gasteiger charge is 2.25. The second-order valence-corrected chi connectivity index (χ2v) is 6.69. The largest absolute Gasteiger partial charge is 0.495 e. The van der Waals surface area contributed by atoms with Crippen LogP contribution in [0.3, 0.4) is 0 Å². The SMILES string of the molecule is COc1ccc(Cl)cc1N[C@H](c1nnc(-c2ccccc2)o1)c1ccccc1F. The van der Waals surface area contributed by atoms with E-state index in [0.717, 1.165) is 5.56 Å². The number of rotatable bonds is 6. The van der Waals surface area contributed by atoms with Crippen molar-refractivity contribution in [3.05, 3.63) is 95.1 Å². The zero-order chi connectivity index (χ0) is 20.2. The van der Waals surface area contributed by atoms with Gasteiger partial charge in [-0.15, -0.1) is 10.2 Å². The predicted molar refractivity (Wildman–Crippen MR) is 110 cm³/mol. The number of methoxy groups -OCH3 is 1. The van der Waals surface area contributed by atoms with E-state index in [2.05, 4.69) is 15.5 Å². The lowest BCUT2D eigenvalue weighted by Gasteiger charge is -2.19. The van der Waals surface area contributed by atoms with Gasteiger partial charge in [0.25, 0.3) is 0 Å². The summed E-state index contributed by atoms with van der Waals surface area (Å²) in [6, 6.07) is 20.2. The Morgan fingerprint density at radius 3 is 2.52 bits per heavy atom. The first-order valence-electron chi connectivity index (χ1n) is 8.89. The standard InChI is InChI=1S/C22H17ClFN3O2/c1-28-19-12-11-15(23)13-18(19)25-20(16-9-5-6-10-17(16)24)22-27-26-21(29-22)14-7-3-2-4-8-14/h2-13,20,25H,1H3/t20-/m0/s1. The molecule has 0 radical (unpaired) electrons. The van der Waals surface area contributed by atoms with E-state index < -0.39 is 11.9 Å². The van der Waals surface area contributed by atoms with Crippen molar-refractivity contribution in [3.8, 4) is 17.2 Å². The van der Waals surface area contributed by atoms with Gasteiger partial charge in [-0.1, -0.05) is 48.0 Å². The van der Waals surface area contributed by atoms with E-state index in [4.69, 9.17) is 20.8 Å². The topological polar surface area (TPSA) is 60.2 Å². The smallest absolute Gasteiger partial charge is 0.247 e.